The molecule has 0 saturated heterocycles. The van der Waals surface area contributed by atoms with Gasteiger partial charge in [0.05, 0.1) is 24.2 Å². The fraction of sp³-hybridized carbons (Fsp3) is 0.462. The average Bonchev–Trinajstić information content (AvgIpc) is 2.69. The van der Waals surface area contributed by atoms with Gasteiger partial charge in [-0.25, -0.2) is 9.37 Å². The van der Waals surface area contributed by atoms with Gasteiger partial charge >= 0.3 is 0 Å². The molecule has 1 aromatic carbocycles. The monoisotopic (exact) mass is 267 g/mol. The summed E-state index contributed by atoms with van der Waals surface area (Å²) in [6, 6.07) is 4.49. The van der Waals surface area contributed by atoms with Crippen LogP contribution in [0, 0.1) is 5.82 Å². The molecule has 5 nitrogen and oxygen atoms in total. The number of rotatable bonds is 7. The number of aryl methyl sites for hydroxylation is 1. The number of imidazole rings is 1. The van der Waals surface area contributed by atoms with Gasteiger partial charge in [0.25, 0.3) is 0 Å². The molecule has 2 N–H and O–H groups in total. The van der Waals surface area contributed by atoms with Crippen molar-refractivity contribution in [3.8, 4) is 0 Å². The molecule has 2 aromatic rings. The highest BCUT2D eigenvalue weighted by Gasteiger charge is 2.08. The van der Waals surface area contributed by atoms with Crippen molar-refractivity contribution in [1.29, 1.82) is 0 Å². The number of benzene rings is 1. The van der Waals surface area contributed by atoms with Crippen molar-refractivity contribution in [2.45, 2.75) is 13.0 Å². The van der Waals surface area contributed by atoms with Crippen molar-refractivity contribution >= 4 is 17.0 Å². The Bertz CT molecular complexity index is 542. The molecule has 0 unspecified atom stereocenters. The Hall–Kier alpha value is -1.66. The Morgan fingerprint density at radius 2 is 2.16 bits per heavy atom. The molecule has 0 aliphatic rings. The first kappa shape index (κ1) is 13.8. The van der Waals surface area contributed by atoms with Crippen LogP contribution in [-0.4, -0.2) is 36.5 Å². The van der Waals surface area contributed by atoms with Crippen molar-refractivity contribution in [2.75, 3.05) is 32.7 Å². The third-order valence-corrected chi connectivity index (χ3v) is 2.84. The number of nitrogens with zero attached hydrogens (tertiary/aromatic N) is 2. The van der Waals surface area contributed by atoms with Crippen LogP contribution in [-0.2, 0) is 16.0 Å². The van der Waals surface area contributed by atoms with E-state index in [9.17, 15) is 4.39 Å². The number of halogens is 1. The lowest BCUT2D eigenvalue weighted by atomic mass is 10.3. The van der Waals surface area contributed by atoms with Gasteiger partial charge in [-0.2, -0.15) is 0 Å². The predicted octanol–water partition coefficient (Wildman–Crippen LogP) is 1.81. The van der Waals surface area contributed by atoms with Gasteiger partial charge in [0.15, 0.2) is 0 Å². The Morgan fingerprint density at radius 1 is 1.32 bits per heavy atom. The fourth-order valence-electron chi connectivity index (χ4n) is 1.93. The van der Waals surface area contributed by atoms with E-state index in [0.717, 1.165) is 11.9 Å². The Morgan fingerprint density at radius 3 is 2.95 bits per heavy atom. The molecule has 1 aromatic heterocycles. The zero-order valence-corrected chi connectivity index (χ0v) is 10.9. The van der Waals surface area contributed by atoms with Crippen LogP contribution in [0.1, 0.15) is 6.42 Å². The second kappa shape index (κ2) is 6.49. The minimum Gasteiger partial charge on any atom is -0.382 e. The molecule has 0 fully saturated rings. The van der Waals surface area contributed by atoms with Crippen LogP contribution in [0.5, 0.6) is 0 Å². The van der Waals surface area contributed by atoms with Gasteiger partial charge in [-0.3, -0.25) is 0 Å². The molecule has 6 heteroatoms. The van der Waals surface area contributed by atoms with Crippen LogP contribution in [0.4, 0.5) is 10.3 Å². The molecule has 0 aliphatic carbocycles. The average molecular weight is 267 g/mol. The minimum atomic E-state index is -0.306. The normalized spacial score (nSPS) is 11.3. The van der Waals surface area contributed by atoms with Crippen molar-refractivity contribution < 1.29 is 13.9 Å². The second-order valence-corrected chi connectivity index (χ2v) is 4.21. The SMILES string of the molecule is COCCOCCCn1c(N)nc2cc(F)ccc21. The van der Waals surface area contributed by atoms with Gasteiger partial charge in [0.2, 0.25) is 5.95 Å². The smallest absolute Gasteiger partial charge is 0.201 e. The summed E-state index contributed by atoms with van der Waals surface area (Å²) in [7, 11) is 1.64. The molecule has 0 amide bonds. The largest absolute Gasteiger partial charge is 0.382 e. The number of hydrogen-bond donors (Lipinski definition) is 1. The van der Waals surface area contributed by atoms with Crippen LogP contribution in [0.15, 0.2) is 18.2 Å². The maximum absolute atomic E-state index is 13.1. The zero-order chi connectivity index (χ0) is 13.7. The number of fused-ring (bicyclic) bond motifs is 1. The summed E-state index contributed by atoms with van der Waals surface area (Å²) in [6.07, 6.45) is 0.816. The van der Waals surface area contributed by atoms with Crippen molar-refractivity contribution in [3.05, 3.63) is 24.0 Å². The van der Waals surface area contributed by atoms with E-state index in [1.807, 2.05) is 4.57 Å². The lowest BCUT2D eigenvalue weighted by molar-refractivity contribution is 0.0682. The second-order valence-electron chi connectivity index (χ2n) is 4.21. The first-order valence-corrected chi connectivity index (χ1v) is 6.20. The van der Waals surface area contributed by atoms with E-state index in [2.05, 4.69) is 4.98 Å². The summed E-state index contributed by atoms with van der Waals surface area (Å²) in [5.74, 6) is 0.0949. The van der Waals surface area contributed by atoms with Crippen molar-refractivity contribution in [1.82, 2.24) is 9.55 Å². The summed E-state index contributed by atoms with van der Waals surface area (Å²) in [5.41, 5.74) is 7.26. The predicted molar refractivity (Wildman–Crippen MR) is 71.4 cm³/mol. The van der Waals surface area contributed by atoms with E-state index >= 15 is 0 Å². The van der Waals surface area contributed by atoms with Gasteiger partial charge in [0, 0.05) is 26.3 Å². The van der Waals surface area contributed by atoms with Crippen LogP contribution in [0.2, 0.25) is 0 Å². The Balaban J connectivity index is 1.95. The summed E-state index contributed by atoms with van der Waals surface area (Å²) >= 11 is 0. The Kier molecular flexibility index (Phi) is 4.70. The molecule has 0 aliphatic heterocycles. The van der Waals surface area contributed by atoms with Crippen LogP contribution in [0.25, 0.3) is 11.0 Å². The standard InChI is InChI=1S/C13H18FN3O2/c1-18-7-8-19-6-2-5-17-12-4-3-10(14)9-11(12)16-13(17)15/h3-4,9H,2,5-8H2,1H3,(H2,15,16). The molecule has 1 heterocycles. The summed E-state index contributed by atoms with van der Waals surface area (Å²) in [5, 5.41) is 0. The van der Waals surface area contributed by atoms with E-state index in [4.69, 9.17) is 15.2 Å². The van der Waals surface area contributed by atoms with E-state index in [1.54, 1.807) is 13.2 Å². The fourth-order valence-corrected chi connectivity index (χ4v) is 1.93. The molecule has 19 heavy (non-hydrogen) atoms. The molecule has 0 radical (unpaired) electrons. The highest BCUT2D eigenvalue weighted by atomic mass is 19.1. The van der Waals surface area contributed by atoms with Gasteiger partial charge < -0.3 is 19.8 Å². The minimum absolute atomic E-state index is 0.306. The van der Waals surface area contributed by atoms with Gasteiger partial charge in [0.1, 0.15) is 5.82 Å². The van der Waals surface area contributed by atoms with E-state index in [1.165, 1.54) is 12.1 Å². The van der Waals surface area contributed by atoms with Crippen LogP contribution >= 0.6 is 0 Å². The lowest BCUT2D eigenvalue weighted by Crippen LogP contribution is -2.08. The number of nitrogens with two attached hydrogens (primary N) is 1. The quantitative estimate of drug-likeness (QED) is 0.777. The van der Waals surface area contributed by atoms with Crippen molar-refractivity contribution in [3.63, 3.8) is 0 Å². The highest BCUT2D eigenvalue weighted by Crippen LogP contribution is 2.19. The molecule has 0 saturated carbocycles. The lowest BCUT2D eigenvalue weighted by Gasteiger charge is -2.07. The van der Waals surface area contributed by atoms with Gasteiger partial charge in [-0.15, -0.1) is 0 Å². The molecule has 104 valence electrons. The van der Waals surface area contributed by atoms with Crippen LogP contribution in [0.3, 0.4) is 0 Å². The molecular weight excluding hydrogens is 249 g/mol. The number of methoxy groups -OCH3 is 1. The summed E-state index contributed by atoms with van der Waals surface area (Å²) in [4.78, 5) is 4.14. The Labute approximate surface area is 111 Å². The molecule has 2 rings (SSSR count). The van der Waals surface area contributed by atoms with Gasteiger partial charge in [-0.1, -0.05) is 0 Å². The number of ether oxygens (including phenoxy) is 2. The van der Waals surface area contributed by atoms with E-state index in [-0.39, 0.29) is 5.82 Å². The number of aromatic nitrogens is 2. The topological polar surface area (TPSA) is 62.3 Å². The van der Waals surface area contributed by atoms with Crippen LogP contribution < -0.4 is 5.73 Å². The summed E-state index contributed by atoms with van der Waals surface area (Å²) in [6.45, 7) is 2.50. The number of anilines is 1. The third kappa shape index (κ3) is 3.42. The maximum atomic E-state index is 13.1. The molecule has 0 atom stereocenters. The molecule has 0 spiro atoms. The van der Waals surface area contributed by atoms with E-state index < -0.39 is 0 Å². The van der Waals surface area contributed by atoms with E-state index in [0.29, 0.717) is 37.8 Å². The zero-order valence-electron chi connectivity index (χ0n) is 10.9. The number of hydrogen-bond acceptors (Lipinski definition) is 4. The first-order valence-electron chi connectivity index (χ1n) is 6.20. The molecule has 0 bridgehead atoms. The maximum Gasteiger partial charge on any atom is 0.201 e. The van der Waals surface area contributed by atoms with Gasteiger partial charge in [-0.05, 0) is 18.6 Å². The van der Waals surface area contributed by atoms with Crippen molar-refractivity contribution in [2.24, 2.45) is 0 Å². The number of nitrogen functional groups attached to an aromatic ring is 1. The molecular formula is C13H18FN3O2. The third-order valence-electron chi connectivity index (χ3n) is 2.84. The highest BCUT2D eigenvalue weighted by molar-refractivity contribution is 5.78. The first-order chi connectivity index (χ1) is 9.22. The summed E-state index contributed by atoms with van der Waals surface area (Å²) < 4.78 is 25.2.